The highest BCUT2D eigenvalue weighted by atomic mass is 16.4. The van der Waals surface area contributed by atoms with Crippen LogP contribution in [0.5, 0.6) is 0 Å². The van der Waals surface area contributed by atoms with Crippen molar-refractivity contribution >= 4 is 11.8 Å². The molecule has 0 bridgehead atoms. The van der Waals surface area contributed by atoms with Gasteiger partial charge in [0.05, 0.1) is 6.10 Å². The van der Waals surface area contributed by atoms with E-state index in [4.69, 9.17) is 15.3 Å². The van der Waals surface area contributed by atoms with Crippen molar-refractivity contribution in [3.8, 4) is 0 Å². The van der Waals surface area contributed by atoms with E-state index in [1.54, 1.807) is 5.32 Å². The fourth-order valence-corrected chi connectivity index (χ4v) is 0.875. The van der Waals surface area contributed by atoms with Crippen LogP contribution in [0.25, 0.3) is 0 Å². The highest BCUT2D eigenvalue weighted by Crippen LogP contribution is 2.04. The number of rotatable bonds is 4. The van der Waals surface area contributed by atoms with Gasteiger partial charge >= 0.3 is 0 Å². The summed E-state index contributed by atoms with van der Waals surface area (Å²) < 4.78 is 0. The van der Waals surface area contributed by atoms with Crippen LogP contribution in [0.4, 0.5) is 0 Å². The van der Waals surface area contributed by atoms with Gasteiger partial charge in [0.25, 0.3) is 5.91 Å². The van der Waals surface area contributed by atoms with Crippen molar-refractivity contribution < 1.29 is 30.0 Å². The van der Waals surface area contributed by atoms with E-state index in [1.807, 2.05) is 0 Å². The Morgan fingerprint density at radius 2 is 1.53 bits per heavy atom. The normalized spacial score (nSPS) is 18.8. The summed E-state index contributed by atoms with van der Waals surface area (Å²) in [4.78, 5) is 21.4. The van der Waals surface area contributed by atoms with E-state index < -0.39 is 36.2 Å². The number of imide groups is 1. The van der Waals surface area contributed by atoms with Gasteiger partial charge in [-0.25, -0.2) is 0 Å². The van der Waals surface area contributed by atoms with E-state index in [1.165, 1.54) is 6.92 Å². The largest absolute Gasteiger partial charge is 0.391 e. The molecule has 0 rings (SSSR count). The molecule has 0 unspecified atom stereocenters. The Hall–Kier alpha value is -1.02. The third-order valence-corrected chi connectivity index (χ3v) is 1.74. The third kappa shape index (κ3) is 4.34. The number of carbonyl (C=O) groups is 2. The van der Waals surface area contributed by atoms with Gasteiger partial charge in [0, 0.05) is 6.92 Å². The van der Waals surface area contributed by atoms with Crippen molar-refractivity contribution in [1.82, 2.24) is 5.32 Å². The van der Waals surface area contributed by atoms with Crippen LogP contribution < -0.4 is 5.32 Å². The third-order valence-electron chi connectivity index (χ3n) is 1.74. The number of hydrogen-bond acceptors (Lipinski definition) is 6. The van der Waals surface area contributed by atoms with Crippen molar-refractivity contribution in [1.29, 1.82) is 0 Å². The lowest BCUT2D eigenvalue weighted by Crippen LogP contribution is -2.51. The van der Waals surface area contributed by atoms with Gasteiger partial charge in [-0.05, 0) is 6.92 Å². The first-order valence-electron chi connectivity index (χ1n) is 4.31. The molecule has 0 saturated carbocycles. The maximum Gasteiger partial charge on any atom is 0.258 e. The Kier molecular flexibility index (Phi) is 5.37. The minimum Gasteiger partial charge on any atom is -0.391 e. The van der Waals surface area contributed by atoms with Gasteiger partial charge in [-0.1, -0.05) is 0 Å². The summed E-state index contributed by atoms with van der Waals surface area (Å²) in [7, 11) is 0. The van der Waals surface area contributed by atoms with E-state index in [9.17, 15) is 14.7 Å². The van der Waals surface area contributed by atoms with Crippen LogP contribution in [0.3, 0.4) is 0 Å². The lowest BCUT2D eigenvalue weighted by atomic mass is 10.0. The number of aliphatic hydroxyl groups excluding tert-OH is 4. The molecule has 0 saturated heterocycles. The van der Waals surface area contributed by atoms with Gasteiger partial charge in [-0.3, -0.25) is 14.9 Å². The van der Waals surface area contributed by atoms with E-state index in [-0.39, 0.29) is 0 Å². The lowest BCUT2D eigenvalue weighted by molar-refractivity contribution is -0.148. The fourth-order valence-electron chi connectivity index (χ4n) is 0.875. The zero-order valence-corrected chi connectivity index (χ0v) is 8.41. The average molecular weight is 221 g/mol. The smallest absolute Gasteiger partial charge is 0.258 e. The van der Waals surface area contributed by atoms with Crippen molar-refractivity contribution in [3.05, 3.63) is 0 Å². The zero-order chi connectivity index (χ0) is 12.2. The average Bonchev–Trinajstić information content (AvgIpc) is 2.13. The van der Waals surface area contributed by atoms with Gasteiger partial charge in [0.2, 0.25) is 5.91 Å². The van der Waals surface area contributed by atoms with Gasteiger partial charge in [-0.2, -0.15) is 0 Å². The number of amides is 2. The van der Waals surface area contributed by atoms with Gasteiger partial charge < -0.3 is 20.4 Å². The second kappa shape index (κ2) is 5.76. The van der Waals surface area contributed by atoms with Crippen LogP contribution in [0.2, 0.25) is 0 Å². The van der Waals surface area contributed by atoms with Crippen LogP contribution >= 0.6 is 0 Å². The van der Waals surface area contributed by atoms with Crippen LogP contribution in [0, 0.1) is 0 Å². The first kappa shape index (κ1) is 14.0. The summed E-state index contributed by atoms with van der Waals surface area (Å²) in [5, 5.41) is 38.1. The zero-order valence-electron chi connectivity index (χ0n) is 8.41. The Labute approximate surface area is 86.3 Å². The summed E-state index contributed by atoms with van der Waals surface area (Å²) in [6.07, 6.45) is -6.81. The number of nitrogens with one attached hydrogen (secondary N) is 1. The number of carbonyl (C=O) groups excluding carboxylic acids is 2. The molecule has 2 amide bonds. The van der Waals surface area contributed by atoms with Crippen molar-refractivity contribution in [3.63, 3.8) is 0 Å². The maximum absolute atomic E-state index is 11.0. The van der Waals surface area contributed by atoms with E-state index >= 15 is 0 Å². The van der Waals surface area contributed by atoms with E-state index in [2.05, 4.69) is 0 Å². The first-order valence-corrected chi connectivity index (χ1v) is 4.31. The summed E-state index contributed by atoms with van der Waals surface area (Å²) in [5.41, 5.74) is 0. The molecule has 5 N–H and O–H groups in total. The summed E-state index contributed by atoms with van der Waals surface area (Å²) >= 11 is 0. The fraction of sp³-hybridized carbons (Fsp3) is 0.750. The topological polar surface area (TPSA) is 127 Å². The molecule has 15 heavy (non-hydrogen) atoms. The monoisotopic (exact) mass is 221 g/mol. The number of aliphatic hydroxyl groups is 4. The lowest BCUT2D eigenvalue weighted by Gasteiger charge is -2.23. The predicted molar refractivity (Wildman–Crippen MR) is 48.5 cm³/mol. The molecule has 0 aliphatic heterocycles. The van der Waals surface area contributed by atoms with Crippen LogP contribution in [0.15, 0.2) is 0 Å². The first-order chi connectivity index (χ1) is 6.77. The molecule has 0 fully saturated rings. The van der Waals surface area contributed by atoms with Crippen molar-refractivity contribution in [2.45, 2.75) is 38.3 Å². The van der Waals surface area contributed by atoms with Crippen LogP contribution in [-0.2, 0) is 9.59 Å². The second-order valence-electron chi connectivity index (χ2n) is 3.21. The van der Waals surface area contributed by atoms with E-state index in [0.717, 1.165) is 6.92 Å². The highest BCUT2D eigenvalue weighted by molar-refractivity contribution is 5.96. The molecule has 7 nitrogen and oxygen atoms in total. The predicted octanol–water partition coefficient (Wildman–Crippen LogP) is -2.89. The molecule has 0 radical (unpaired) electrons. The minimum atomic E-state index is -1.97. The second-order valence-corrected chi connectivity index (χ2v) is 3.21. The van der Waals surface area contributed by atoms with E-state index in [0.29, 0.717) is 0 Å². The Bertz CT molecular complexity index is 241. The van der Waals surface area contributed by atoms with Crippen molar-refractivity contribution in [2.24, 2.45) is 0 Å². The highest BCUT2D eigenvalue weighted by Gasteiger charge is 2.32. The van der Waals surface area contributed by atoms with Gasteiger partial charge in [0.15, 0.2) is 6.10 Å². The SMILES string of the molecule is CC(=O)NC(=O)[C@H](O)[C@@H](O)[C@H](O)[C@@H](C)O. The molecule has 4 atom stereocenters. The summed E-state index contributed by atoms with van der Waals surface area (Å²) in [5.74, 6) is -1.83. The van der Waals surface area contributed by atoms with Crippen LogP contribution in [0.1, 0.15) is 13.8 Å². The van der Waals surface area contributed by atoms with Gasteiger partial charge in [-0.15, -0.1) is 0 Å². The minimum absolute atomic E-state index is 0.696. The molecule has 7 heteroatoms. The molecule has 0 aliphatic rings. The Morgan fingerprint density at radius 3 is 1.87 bits per heavy atom. The molecule has 0 aromatic rings. The molecule has 0 heterocycles. The molecular formula is C8H15NO6. The quantitative estimate of drug-likeness (QED) is 0.347. The Morgan fingerprint density at radius 1 is 1.07 bits per heavy atom. The number of hydrogen-bond donors (Lipinski definition) is 5. The standard InChI is InChI=1S/C8H15NO6/c1-3(10)5(12)6(13)7(14)8(15)9-4(2)11/h3,5-7,10,12-14H,1-2H3,(H,9,11,15)/t3-,5-,6+,7-/m1/s1. The van der Waals surface area contributed by atoms with Gasteiger partial charge in [0.1, 0.15) is 12.2 Å². The van der Waals surface area contributed by atoms with Crippen molar-refractivity contribution in [2.75, 3.05) is 0 Å². The summed E-state index contributed by atoms with van der Waals surface area (Å²) in [6.45, 7) is 2.24. The Balaban J connectivity index is 4.36. The molecule has 0 aromatic heterocycles. The summed E-state index contributed by atoms with van der Waals surface area (Å²) in [6, 6.07) is 0. The molecule has 0 spiro atoms. The maximum atomic E-state index is 11.0. The molecule has 0 aliphatic carbocycles. The molecular weight excluding hydrogens is 206 g/mol. The molecule has 0 aromatic carbocycles. The molecule has 88 valence electrons. The van der Waals surface area contributed by atoms with Crippen LogP contribution in [-0.4, -0.2) is 56.7 Å².